The van der Waals surface area contributed by atoms with E-state index >= 15 is 0 Å². The molecule has 2 unspecified atom stereocenters. The highest BCUT2D eigenvalue weighted by atomic mass is 15.2. The molecule has 0 aromatic heterocycles. The molecule has 1 aromatic carbocycles. The number of nitrogens with one attached hydrogen (secondary N) is 1. The second-order valence-electron chi connectivity index (χ2n) is 5.42. The van der Waals surface area contributed by atoms with Gasteiger partial charge in [0, 0.05) is 24.3 Å². The van der Waals surface area contributed by atoms with Crippen LogP contribution in [-0.2, 0) is 0 Å². The summed E-state index contributed by atoms with van der Waals surface area (Å²) in [4.78, 5) is 2.63. The monoisotopic (exact) mass is 246 g/mol. The minimum atomic E-state index is 0.650. The second kappa shape index (κ2) is 6.79. The van der Waals surface area contributed by atoms with E-state index in [9.17, 15) is 0 Å². The van der Waals surface area contributed by atoms with Crippen molar-refractivity contribution in [3.05, 3.63) is 30.3 Å². The highest BCUT2D eigenvalue weighted by Crippen LogP contribution is 2.23. The van der Waals surface area contributed by atoms with E-state index < -0.39 is 0 Å². The molecule has 1 aliphatic heterocycles. The summed E-state index contributed by atoms with van der Waals surface area (Å²) in [5.74, 6) is 0. The van der Waals surface area contributed by atoms with Gasteiger partial charge in [-0.05, 0) is 44.9 Å². The van der Waals surface area contributed by atoms with Crippen molar-refractivity contribution in [3.63, 3.8) is 0 Å². The Balaban J connectivity index is 2.09. The van der Waals surface area contributed by atoms with E-state index in [-0.39, 0.29) is 0 Å². The SMILES string of the molecule is CCCCN(c1ccccc1)C1CCNC(C)C1. The number of para-hydroxylation sites is 1. The molecule has 1 heterocycles. The largest absolute Gasteiger partial charge is 0.368 e. The second-order valence-corrected chi connectivity index (χ2v) is 5.42. The Labute approximate surface area is 111 Å². The van der Waals surface area contributed by atoms with Gasteiger partial charge in [-0.3, -0.25) is 0 Å². The molecule has 0 saturated carbocycles. The summed E-state index contributed by atoms with van der Waals surface area (Å²) in [6.45, 7) is 6.92. The van der Waals surface area contributed by atoms with Crippen molar-refractivity contribution in [1.29, 1.82) is 0 Å². The number of unbranched alkanes of at least 4 members (excludes halogenated alkanes) is 1. The van der Waals surface area contributed by atoms with Gasteiger partial charge >= 0.3 is 0 Å². The standard InChI is InChI=1S/C16H26N2/c1-3-4-12-18(15-8-6-5-7-9-15)16-10-11-17-14(2)13-16/h5-9,14,16-17H,3-4,10-13H2,1-2H3. The van der Waals surface area contributed by atoms with Crippen LogP contribution in [0.25, 0.3) is 0 Å². The summed E-state index contributed by atoms with van der Waals surface area (Å²) in [5, 5.41) is 3.55. The van der Waals surface area contributed by atoms with Gasteiger partial charge in [0.25, 0.3) is 0 Å². The zero-order chi connectivity index (χ0) is 12.8. The van der Waals surface area contributed by atoms with Crippen LogP contribution in [0.15, 0.2) is 30.3 Å². The van der Waals surface area contributed by atoms with Crippen LogP contribution in [0.3, 0.4) is 0 Å². The van der Waals surface area contributed by atoms with Crippen LogP contribution in [-0.4, -0.2) is 25.2 Å². The lowest BCUT2D eigenvalue weighted by atomic mass is 9.98. The molecule has 2 nitrogen and oxygen atoms in total. The van der Waals surface area contributed by atoms with Crippen LogP contribution < -0.4 is 10.2 Å². The molecule has 1 aromatic rings. The molecule has 2 heteroatoms. The predicted octanol–water partition coefficient (Wildman–Crippen LogP) is 3.43. The zero-order valence-corrected chi connectivity index (χ0v) is 11.7. The number of benzene rings is 1. The minimum absolute atomic E-state index is 0.650. The number of nitrogens with zero attached hydrogens (tertiary/aromatic N) is 1. The number of hydrogen-bond acceptors (Lipinski definition) is 2. The Hall–Kier alpha value is -1.02. The van der Waals surface area contributed by atoms with E-state index in [1.165, 1.54) is 37.9 Å². The molecular formula is C16H26N2. The first kappa shape index (κ1) is 13.4. The fourth-order valence-corrected chi connectivity index (χ4v) is 2.86. The third-order valence-electron chi connectivity index (χ3n) is 3.88. The molecule has 1 saturated heterocycles. The van der Waals surface area contributed by atoms with Crippen molar-refractivity contribution in [2.45, 2.75) is 51.6 Å². The number of piperidine rings is 1. The molecule has 1 aliphatic rings. The van der Waals surface area contributed by atoms with Crippen molar-refractivity contribution in [2.24, 2.45) is 0 Å². The molecule has 0 aliphatic carbocycles. The van der Waals surface area contributed by atoms with Crippen molar-refractivity contribution in [1.82, 2.24) is 5.32 Å². The van der Waals surface area contributed by atoms with Crippen LogP contribution in [0.4, 0.5) is 5.69 Å². The minimum Gasteiger partial charge on any atom is -0.368 e. The molecule has 0 bridgehead atoms. The van der Waals surface area contributed by atoms with Crippen molar-refractivity contribution in [2.75, 3.05) is 18.0 Å². The van der Waals surface area contributed by atoms with Gasteiger partial charge in [-0.1, -0.05) is 31.5 Å². The number of rotatable bonds is 5. The molecule has 18 heavy (non-hydrogen) atoms. The van der Waals surface area contributed by atoms with Crippen LogP contribution in [0.1, 0.15) is 39.5 Å². The van der Waals surface area contributed by atoms with Gasteiger partial charge in [0.1, 0.15) is 0 Å². The quantitative estimate of drug-likeness (QED) is 0.856. The van der Waals surface area contributed by atoms with Gasteiger partial charge in [0.2, 0.25) is 0 Å². The topological polar surface area (TPSA) is 15.3 Å². The first-order chi connectivity index (χ1) is 8.81. The summed E-state index contributed by atoms with van der Waals surface area (Å²) >= 11 is 0. The Bertz CT molecular complexity index is 336. The zero-order valence-electron chi connectivity index (χ0n) is 11.7. The average molecular weight is 246 g/mol. The molecule has 1 fully saturated rings. The fraction of sp³-hybridized carbons (Fsp3) is 0.625. The fourth-order valence-electron chi connectivity index (χ4n) is 2.86. The predicted molar refractivity (Wildman–Crippen MR) is 79.2 cm³/mol. The van der Waals surface area contributed by atoms with Crippen molar-refractivity contribution < 1.29 is 0 Å². The Morgan fingerprint density at radius 3 is 2.72 bits per heavy atom. The summed E-state index contributed by atoms with van der Waals surface area (Å²) in [6, 6.07) is 12.3. The molecular weight excluding hydrogens is 220 g/mol. The van der Waals surface area contributed by atoms with Gasteiger partial charge < -0.3 is 10.2 Å². The molecule has 0 amide bonds. The normalized spacial score (nSPS) is 23.9. The molecule has 2 atom stereocenters. The molecule has 0 spiro atoms. The highest BCUT2D eigenvalue weighted by Gasteiger charge is 2.24. The first-order valence-electron chi connectivity index (χ1n) is 7.36. The molecule has 1 N–H and O–H groups in total. The maximum Gasteiger partial charge on any atom is 0.0368 e. The van der Waals surface area contributed by atoms with Gasteiger partial charge in [-0.25, -0.2) is 0 Å². The molecule has 100 valence electrons. The van der Waals surface area contributed by atoms with E-state index in [0.29, 0.717) is 12.1 Å². The maximum atomic E-state index is 3.55. The third-order valence-corrected chi connectivity index (χ3v) is 3.88. The first-order valence-corrected chi connectivity index (χ1v) is 7.36. The summed E-state index contributed by atoms with van der Waals surface area (Å²) < 4.78 is 0. The van der Waals surface area contributed by atoms with Crippen molar-refractivity contribution >= 4 is 5.69 Å². The van der Waals surface area contributed by atoms with E-state index in [0.717, 1.165) is 6.54 Å². The van der Waals surface area contributed by atoms with E-state index in [4.69, 9.17) is 0 Å². The third kappa shape index (κ3) is 3.49. The average Bonchev–Trinajstić information content (AvgIpc) is 2.40. The van der Waals surface area contributed by atoms with E-state index in [1.807, 2.05) is 0 Å². The van der Waals surface area contributed by atoms with Gasteiger partial charge in [0.05, 0.1) is 0 Å². The maximum absolute atomic E-state index is 3.55. The Morgan fingerprint density at radius 2 is 2.06 bits per heavy atom. The summed E-state index contributed by atoms with van der Waals surface area (Å²) in [7, 11) is 0. The Kier molecular flexibility index (Phi) is 5.06. The lowest BCUT2D eigenvalue weighted by molar-refractivity contribution is 0.362. The van der Waals surface area contributed by atoms with Gasteiger partial charge in [-0.15, -0.1) is 0 Å². The van der Waals surface area contributed by atoms with Gasteiger partial charge in [-0.2, -0.15) is 0 Å². The smallest absolute Gasteiger partial charge is 0.0368 e. The molecule has 2 rings (SSSR count). The van der Waals surface area contributed by atoms with Crippen LogP contribution in [0, 0.1) is 0 Å². The number of hydrogen-bond donors (Lipinski definition) is 1. The van der Waals surface area contributed by atoms with Crippen LogP contribution >= 0.6 is 0 Å². The van der Waals surface area contributed by atoms with E-state index in [1.54, 1.807) is 0 Å². The van der Waals surface area contributed by atoms with Gasteiger partial charge in [0.15, 0.2) is 0 Å². The number of anilines is 1. The summed E-state index contributed by atoms with van der Waals surface area (Å²) in [6.07, 6.45) is 5.08. The molecule has 0 radical (unpaired) electrons. The lowest BCUT2D eigenvalue weighted by Gasteiger charge is -2.38. The van der Waals surface area contributed by atoms with Crippen LogP contribution in [0.5, 0.6) is 0 Å². The van der Waals surface area contributed by atoms with E-state index in [2.05, 4.69) is 54.4 Å². The Morgan fingerprint density at radius 1 is 1.28 bits per heavy atom. The van der Waals surface area contributed by atoms with Crippen molar-refractivity contribution in [3.8, 4) is 0 Å². The summed E-state index contributed by atoms with van der Waals surface area (Å²) in [5.41, 5.74) is 1.39. The highest BCUT2D eigenvalue weighted by molar-refractivity contribution is 5.47. The lowest BCUT2D eigenvalue weighted by Crippen LogP contribution is -2.47. The van der Waals surface area contributed by atoms with Crippen LogP contribution in [0.2, 0.25) is 0 Å².